The van der Waals surface area contributed by atoms with Crippen LogP contribution in [0.3, 0.4) is 0 Å². The lowest BCUT2D eigenvalue weighted by molar-refractivity contribution is 0.185. The van der Waals surface area contributed by atoms with Gasteiger partial charge in [0.1, 0.15) is 0 Å². The van der Waals surface area contributed by atoms with E-state index in [1.165, 1.54) is 71.1 Å². The second kappa shape index (κ2) is 6.61. The third-order valence-corrected chi connectivity index (χ3v) is 4.27. The lowest BCUT2D eigenvalue weighted by atomic mass is 9.94. The number of nitrogens with zero attached hydrogens (tertiary/aromatic N) is 1. The lowest BCUT2D eigenvalue weighted by Crippen LogP contribution is -2.36. The van der Waals surface area contributed by atoms with Crippen LogP contribution in [0.4, 0.5) is 0 Å². The standard InChI is InChI=1S/C14H28N2/c1-2-9-15-11-13-8-10-16(12-13)14-6-4-3-5-7-14/h13-15H,2-12H2,1H3. The van der Waals surface area contributed by atoms with Crippen LogP contribution in [-0.2, 0) is 0 Å². The molecule has 0 amide bonds. The number of hydrogen-bond donors (Lipinski definition) is 1. The fraction of sp³-hybridized carbons (Fsp3) is 1.00. The molecule has 1 saturated carbocycles. The molecule has 0 aromatic heterocycles. The molecule has 1 aliphatic heterocycles. The van der Waals surface area contributed by atoms with Crippen molar-refractivity contribution in [3.63, 3.8) is 0 Å². The number of nitrogens with one attached hydrogen (secondary N) is 1. The molecule has 2 rings (SSSR count). The van der Waals surface area contributed by atoms with Crippen molar-refractivity contribution in [3.05, 3.63) is 0 Å². The first-order valence-corrected chi connectivity index (χ1v) is 7.35. The number of hydrogen-bond acceptors (Lipinski definition) is 2. The fourth-order valence-electron chi connectivity index (χ4n) is 3.29. The van der Waals surface area contributed by atoms with Crippen molar-refractivity contribution >= 4 is 0 Å². The summed E-state index contributed by atoms with van der Waals surface area (Å²) in [6.45, 7) is 7.41. The molecule has 0 bridgehead atoms. The Morgan fingerprint density at radius 1 is 1.12 bits per heavy atom. The van der Waals surface area contributed by atoms with Gasteiger partial charge < -0.3 is 10.2 Å². The van der Waals surface area contributed by atoms with Crippen molar-refractivity contribution in [1.29, 1.82) is 0 Å². The number of likely N-dealkylation sites (tertiary alicyclic amines) is 1. The smallest absolute Gasteiger partial charge is 0.00953 e. The van der Waals surface area contributed by atoms with Crippen LogP contribution < -0.4 is 5.32 Å². The Morgan fingerprint density at radius 2 is 1.94 bits per heavy atom. The third kappa shape index (κ3) is 3.46. The SMILES string of the molecule is CCCNCC1CCN(C2CCCCC2)C1. The second-order valence-corrected chi connectivity index (χ2v) is 5.65. The van der Waals surface area contributed by atoms with E-state index in [4.69, 9.17) is 0 Å². The Hall–Kier alpha value is -0.0800. The summed E-state index contributed by atoms with van der Waals surface area (Å²) < 4.78 is 0. The zero-order valence-corrected chi connectivity index (χ0v) is 10.9. The van der Waals surface area contributed by atoms with Crippen molar-refractivity contribution in [3.8, 4) is 0 Å². The first-order chi connectivity index (χ1) is 7.90. The van der Waals surface area contributed by atoms with E-state index >= 15 is 0 Å². The highest BCUT2D eigenvalue weighted by Crippen LogP contribution is 2.27. The van der Waals surface area contributed by atoms with Crippen molar-refractivity contribution in [2.75, 3.05) is 26.2 Å². The summed E-state index contributed by atoms with van der Waals surface area (Å²) in [6.07, 6.45) is 10.0. The zero-order chi connectivity index (χ0) is 11.2. The molecule has 1 unspecified atom stereocenters. The summed E-state index contributed by atoms with van der Waals surface area (Å²) >= 11 is 0. The van der Waals surface area contributed by atoms with Gasteiger partial charge in [-0.25, -0.2) is 0 Å². The summed E-state index contributed by atoms with van der Waals surface area (Å²) in [5, 5.41) is 3.57. The van der Waals surface area contributed by atoms with E-state index in [-0.39, 0.29) is 0 Å². The fourth-order valence-corrected chi connectivity index (χ4v) is 3.29. The molecule has 1 atom stereocenters. The van der Waals surface area contributed by atoms with Crippen LogP contribution in [0.1, 0.15) is 51.9 Å². The van der Waals surface area contributed by atoms with E-state index in [0.717, 1.165) is 12.0 Å². The van der Waals surface area contributed by atoms with Crippen LogP contribution in [-0.4, -0.2) is 37.1 Å². The summed E-state index contributed by atoms with van der Waals surface area (Å²) in [6, 6.07) is 0.935. The lowest BCUT2D eigenvalue weighted by Gasteiger charge is -2.31. The minimum absolute atomic E-state index is 0.925. The van der Waals surface area contributed by atoms with Gasteiger partial charge in [-0.1, -0.05) is 26.2 Å². The van der Waals surface area contributed by atoms with Gasteiger partial charge in [-0.05, 0) is 51.2 Å². The molecule has 16 heavy (non-hydrogen) atoms. The molecule has 1 saturated heterocycles. The predicted molar refractivity (Wildman–Crippen MR) is 69.7 cm³/mol. The summed E-state index contributed by atoms with van der Waals surface area (Å²) in [5.41, 5.74) is 0. The summed E-state index contributed by atoms with van der Waals surface area (Å²) in [7, 11) is 0. The molecule has 0 spiro atoms. The number of rotatable bonds is 5. The Bertz CT molecular complexity index is 187. The average Bonchev–Trinajstić information content (AvgIpc) is 2.79. The van der Waals surface area contributed by atoms with E-state index in [1.807, 2.05) is 0 Å². The molecule has 1 aliphatic carbocycles. The molecule has 1 N–H and O–H groups in total. The van der Waals surface area contributed by atoms with E-state index in [2.05, 4.69) is 17.1 Å². The minimum Gasteiger partial charge on any atom is -0.316 e. The Morgan fingerprint density at radius 3 is 2.69 bits per heavy atom. The molecule has 2 fully saturated rings. The molecule has 2 heteroatoms. The molecular formula is C14H28N2. The van der Waals surface area contributed by atoms with Gasteiger partial charge in [-0.2, -0.15) is 0 Å². The van der Waals surface area contributed by atoms with Gasteiger partial charge in [0, 0.05) is 12.6 Å². The summed E-state index contributed by atoms with van der Waals surface area (Å²) in [4.78, 5) is 2.78. The molecule has 2 aliphatic rings. The van der Waals surface area contributed by atoms with E-state index < -0.39 is 0 Å². The molecular weight excluding hydrogens is 196 g/mol. The van der Waals surface area contributed by atoms with Crippen LogP contribution in [0.5, 0.6) is 0 Å². The Kier molecular flexibility index (Phi) is 5.11. The molecule has 0 radical (unpaired) electrons. The quantitative estimate of drug-likeness (QED) is 0.722. The van der Waals surface area contributed by atoms with Gasteiger partial charge in [-0.15, -0.1) is 0 Å². The first-order valence-electron chi connectivity index (χ1n) is 7.35. The van der Waals surface area contributed by atoms with Gasteiger partial charge in [0.05, 0.1) is 0 Å². The second-order valence-electron chi connectivity index (χ2n) is 5.65. The van der Waals surface area contributed by atoms with Gasteiger partial charge >= 0.3 is 0 Å². The van der Waals surface area contributed by atoms with Crippen LogP contribution >= 0.6 is 0 Å². The first kappa shape index (κ1) is 12.4. The maximum absolute atomic E-state index is 3.57. The Balaban J connectivity index is 1.66. The highest BCUT2D eigenvalue weighted by Gasteiger charge is 2.28. The van der Waals surface area contributed by atoms with E-state index in [0.29, 0.717) is 0 Å². The van der Waals surface area contributed by atoms with Gasteiger partial charge in [0.25, 0.3) is 0 Å². The van der Waals surface area contributed by atoms with Crippen LogP contribution in [0.2, 0.25) is 0 Å². The Labute approximate surface area is 101 Å². The van der Waals surface area contributed by atoms with E-state index in [9.17, 15) is 0 Å². The van der Waals surface area contributed by atoms with Crippen molar-refractivity contribution in [2.45, 2.75) is 57.9 Å². The predicted octanol–water partition coefficient (Wildman–Crippen LogP) is 2.64. The van der Waals surface area contributed by atoms with E-state index in [1.54, 1.807) is 0 Å². The maximum Gasteiger partial charge on any atom is 0.00953 e. The normalized spacial score (nSPS) is 28.7. The molecule has 0 aromatic carbocycles. The molecule has 94 valence electrons. The zero-order valence-electron chi connectivity index (χ0n) is 10.9. The monoisotopic (exact) mass is 224 g/mol. The van der Waals surface area contributed by atoms with Crippen molar-refractivity contribution in [2.24, 2.45) is 5.92 Å². The third-order valence-electron chi connectivity index (χ3n) is 4.27. The molecule has 2 nitrogen and oxygen atoms in total. The minimum atomic E-state index is 0.925. The van der Waals surface area contributed by atoms with Gasteiger partial charge in [0.2, 0.25) is 0 Å². The van der Waals surface area contributed by atoms with Crippen molar-refractivity contribution < 1.29 is 0 Å². The summed E-state index contributed by atoms with van der Waals surface area (Å²) in [5.74, 6) is 0.925. The highest BCUT2D eigenvalue weighted by molar-refractivity contribution is 4.84. The maximum atomic E-state index is 3.57. The highest BCUT2D eigenvalue weighted by atomic mass is 15.2. The van der Waals surface area contributed by atoms with Crippen LogP contribution in [0.25, 0.3) is 0 Å². The topological polar surface area (TPSA) is 15.3 Å². The largest absolute Gasteiger partial charge is 0.316 e. The van der Waals surface area contributed by atoms with Gasteiger partial charge in [0.15, 0.2) is 0 Å². The average molecular weight is 224 g/mol. The molecule has 1 heterocycles. The molecule has 0 aromatic rings. The van der Waals surface area contributed by atoms with Crippen molar-refractivity contribution in [1.82, 2.24) is 10.2 Å². The van der Waals surface area contributed by atoms with Crippen LogP contribution in [0.15, 0.2) is 0 Å². The van der Waals surface area contributed by atoms with Crippen LogP contribution in [0, 0.1) is 5.92 Å². The van der Waals surface area contributed by atoms with Gasteiger partial charge in [-0.3, -0.25) is 0 Å².